The summed E-state index contributed by atoms with van der Waals surface area (Å²) in [7, 11) is -2.36. The van der Waals surface area contributed by atoms with Crippen molar-refractivity contribution in [2.24, 2.45) is 0 Å². The smallest absolute Gasteiger partial charge is 0.240 e. The van der Waals surface area contributed by atoms with Gasteiger partial charge in [-0.15, -0.1) is 0 Å². The third-order valence-electron chi connectivity index (χ3n) is 2.22. The molecule has 0 radical (unpaired) electrons. The zero-order valence-electron chi connectivity index (χ0n) is 10.2. The van der Waals surface area contributed by atoms with E-state index in [-0.39, 0.29) is 18.0 Å². The lowest BCUT2D eigenvalue weighted by Crippen LogP contribution is -2.43. The zero-order chi connectivity index (χ0) is 13.8. The molecule has 2 N–H and O–H groups in total. The van der Waals surface area contributed by atoms with E-state index in [0.717, 1.165) is 24.3 Å². The normalized spacial score (nSPS) is 15.3. The fourth-order valence-electron chi connectivity index (χ4n) is 1.31. The first kappa shape index (κ1) is 15.0. The predicted octanol–water partition coefficient (Wildman–Crippen LogP) is 0.501. The van der Waals surface area contributed by atoms with Gasteiger partial charge in [0, 0.05) is 13.7 Å². The topological polar surface area (TPSA) is 75.6 Å². The molecule has 1 atom stereocenters. The van der Waals surface area contributed by atoms with Gasteiger partial charge in [-0.05, 0) is 31.2 Å². The summed E-state index contributed by atoms with van der Waals surface area (Å²) in [6.07, 6.45) is 0. The van der Waals surface area contributed by atoms with Crippen LogP contribution in [0.1, 0.15) is 6.92 Å². The minimum Gasteiger partial charge on any atom is -0.386 e. The Morgan fingerprint density at radius 3 is 2.44 bits per heavy atom. The maximum absolute atomic E-state index is 12.7. The molecule has 0 fully saturated rings. The van der Waals surface area contributed by atoms with Crippen molar-refractivity contribution in [2.45, 2.75) is 17.4 Å². The van der Waals surface area contributed by atoms with Crippen molar-refractivity contribution < 1.29 is 22.7 Å². The molecule has 0 bridgehead atoms. The summed E-state index contributed by atoms with van der Waals surface area (Å²) in [5.41, 5.74) is -1.30. The van der Waals surface area contributed by atoms with Crippen molar-refractivity contribution in [3.8, 4) is 0 Å². The number of sulfonamides is 1. The van der Waals surface area contributed by atoms with E-state index in [1.807, 2.05) is 0 Å². The average Bonchev–Trinajstić information content (AvgIpc) is 2.27. The number of methoxy groups -OCH3 is 1. The highest BCUT2D eigenvalue weighted by Gasteiger charge is 2.24. The van der Waals surface area contributed by atoms with Gasteiger partial charge in [0.15, 0.2) is 0 Å². The Morgan fingerprint density at radius 2 is 1.94 bits per heavy atom. The Morgan fingerprint density at radius 1 is 1.39 bits per heavy atom. The average molecular weight is 277 g/mol. The van der Waals surface area contributed by atoms with Gasteiger partial charge in [0.1, 0.15) is 5.82 Å². The molecule has 0 spiro atoms. The molecule has 1 unspecified atom stereocenters. The van der Waals surface area contributed by atoms with E-state index in [0.29, 0.717) is 0 Å². The summed E-state index contributed by atoms with van der Waals surface area (Å²) < 4.78 is 43.3. The first-order valence-corrected chi connectivity index (χ1v) is 6.72. The van der Waals surface area contributed by atoms with Gasteiger partial charge in [0.2, 0.25) is 10.0 Å². The molecule has 0 saturated carbocycles. The van der Waals surface area contributed by atoms with E-state index >= 15 is 0 Å². The van der Waals surface area contributed by atoms with Gasteiger partial charge in [-0.2, -0.15) is 0 Å². The zero-order valence-corrected chi connectivity index (χ0v) is 11.0. The first-order valence-electron chi connectivity index (χ1n) is 5.23. The van der Waals surface area contributed by atoms with E-state index in [1.165, 1.54) is 14.0 Å². The van der Waals surface area contributed by atoms with E-state index in [2.05, 4.69) is 4.72 Å². The maximum atomic E-state index is 12.7. The number of benzene rings is 1. The third-order valence-corrected chi connectivity index (χ3v) is 3.64. The van der Waals surface area contributed by atoms with E-state index in [9.17, 15) is 17.9 Å². The van der Waals surface area contributed by atoms with E-state index < -0.39 is 21.4 Å². The highest BCUT2D eigenvalue weighted by Crippen LogP contribution is 2.11. The van der Waals surface area contributed by atoms with Crippen LogP contribution in [0, 0.1) is 5.82 Å². The summed E-state index contributed by atoms with van der Waals surface area (Å²) in [6, 6.07) is 4.43. The lowest BCUT2D eigenvalue weighted by atomic mass is 10.1. The van der Waals surface area contributed by atoms with Crippen LogP contribution >= 0.6 is 0 Å². The van der Waals surface area contributed by atoms with Crippen LogP contribution in [0.4, 0.5) is 4.39 Å². The molecule has 0 aliphatic heterocycles. The Bertz CT molecular complexity index is 484. The van der Waals surface area contributed by atoms with E-state index in [4.69, 9.17) is 4.74 Å². The van der Waals surface area contributed by atoms with Crippen molar-refractivity contribution in [1.29, 1.82) is 0 Å². The Hall–Kier alpha value is -1.02. The lowest BCUT2D eigenvalue weighted by molar-refractivity contribution is -0.0119. The van der Waals surface area contributed by atoms with Gasteiger partial charge in [0.05, 0.1) is 17.1 Å². The maximum Gasteiger partial charge on any atom is 0.240 e. The van der Waals surface area contributed by atoms with Gasteiger partial charge in [-0.25, -0.2) is 17.5 Å². The first-order chi connectivity index (χ1) is 8.27. The van der Waals surface area contributed by atoms with Crippen molar-refractivity contribution in [3.05, 3.63) is 30.1 Å². The second-order valence-corrected chi connectivity index (χ2v) is 5.98. The minimum atomic E-state index is -3.76. The molecular weight excluding hydrogens is 261 g/mol. The van der Waals surface area contributed by atoms with Crippen LogP contribution < -0.4 is 4.72 Å². The molecule has 5 nitrogen and oxygen atoms in total. The molecule has 0 aromatic heterocycles. The molecule has 0 amide bonds. The van der Waals surface area contributed by atoms with Crippen molar-refractivity contribution in [3.63, 3.8) is 0 Å². The molecule has 7 heteroatoms. The molecule has 1 aromatic rings. The van der Waals surface area contributed by atoms with Gasteiger partial charge in [0.25, 0.3) is 0 Å². The van der Waals surface area contributed by atoms with Gasteiger partial charge in [-0.1, -0.05) is 0 Å². The fraction of sp³-hybridized carbons (Fsp3) is 0.455. The number of halogens is 1. The van der Waals surface area contributed by atoms with Gasteiger partial charge < -0.3 is 9.84 Å². The monoisotopic (exact) mass is 277 g/mol. The van der Waals surface area contributed by atoms with Gasteiger partial charge >= 0.3 is 0 Å². The summed E-state index contributed by atoms with van der Waals surface area (Å²) in [5.74, 6) is -0.514. The second kappa shape index (κ2) is 5.75. The van der Waals surface area contributed by atoms with Crippen LogP contribution in [-0.2, 0) is 14.8 Å². The minimum absolute atomic E-state index is 0.00105. The number of hydrogen-bond donors (Lipinski definition) is 2. The Labute approximate surface area is 106 Å². The van der Waals surface area contributed by atoms with Crippen LogP contribution in [-0.4, -0.2) is 39.4 Å². The van der Waals surface area contributed by atoms with Crippen LogP contribution in [0.2, 0.25) is 0 Å². The SMILES string of the molecule is COCC(C)(O)CNS(=O)(=O)c1ccc(F)cc1. The van der Waals surface area contributed by atoms with E-state index in [1.54, 1.807) is 0 Å². The summed E-state index contributed by atoms with van der Waals surface area (Å²) >= 11 is 0. The third kappa shape index (κ3) is 4.34. The highest BCUT2D eigenvalue weighted by atomic mass is 32.2. The summed E-state index contributed by atoms with van der Waals surface area (Å²) in [6.45, 7) is 1.25. The molecule has 18 heavy (non-hydrogen) atoms. The quantitative estimate of drug-likeness (QED) is 0.794. The van der Waals surface area contributed by atoms with Crippen molar-refractivity contribution in [1.82, 2.24) is 4.72 Å². The van der Waals surface area contributed by atoms with Crippen LogP contribution in [0.25, 0.3) is 0 Å². The van der Waals surface area contributed by atoms with Gasteiger partial charge in [-0.3, -0.25) is 0 Å². The largest absolute Gasteiger partial charge is 0.386 e. The second-order valence-electron chi connectivity index (χ2n) is 4.21. The molecule has 1 aromatic carbocycles. The fourth-order valence-corrected chi connectivity index (χ4v) is 2.47. The lowest BCUT2D eigenvalue weighted by Gasteiger charge is -2.22. The number of ether oxygens (including phenoxy) is 1. The molecule has 0 heterocycles. The molecule has 0 aliphatic rings. The number of aliphatic hydroxyl groups is 1. The number of nitrogens with one attached hydrogen (secondary N) is 1. The molecule has 102 valence electrons. The molecule has 0 aliphatic carbocycles. The molecular formula is C11H16FNO4S. The predicted molar refractivity (Wildman–Crippen MR) is 64.1 cm³/mol. The molecule has 0 saturated heterocycles. The summed E-state index contributed by atoms with van der Waals surface area (Å²) in [5, 5.41) is 9.76. The van der Waals surface area contributed by atoms with Crippen molar-refractivity contribution in [2.75, 3.05) is 20.3 Å². The van der Waals surface area contributed by atoms with Crippen molar-refractivity contribution >= 4 is 10.0 Å². The number of hydrogen-bond acceptors (Lipinski definition) is 4. The van der Waals surface area contributed by atoms with Crippen LogP contribution in [0.3, 0.4) is 0 Å². The Kier molecular flexibility index (Phi) is 4.80. The molecule has 1 rings (SSSR count). The standard InChI is InChI=1S/C11H16FNO4S/c1-11(14,8-17-2)7-13-18(15,16)10-5-3-9(12)4-6-10/h3-6,13-14H,7-8H2,1-2H3. The highest BCUT2D eigenvalue weighted by molar-refractivity contribution is 7.89. The summed E-state index contributed by atoms with van der Waals surface area (Å²) in [4.78, 5) is -0.0582. The van der Waals surface area contributed by atoms with Crippen LogP contribution in [0.15, 0.2) is 29.2 Å². The Balaban J connectivity index is 2.74. The number of rotatable bonds is 6. The van der Waals surface area contributed by atoms with Crippen LogP contribution in [0.5, 0.6) is 0 Å².